The van der Waals surface area contributed by atoms with Crippen molar-refractivity contribution in [1.82, 2.24) is 9.88 Å². The zero-order chi connectivity index (χ0) is 17.9. The number of benzene rings is 1. The number of carbonyl (C=O) groups is 1. The minimum atomic E-state index is 0.138. The van der Waals surface area contributed by atoms with Gasteiger partial charge in [-0.3, -0.25) is 4.79 Å². The van der Waals surface area contributed by atoms with Crippen LogP contribution in [0.4, 0.5) is 11.4 Å². The summed E-state index contributed by atoms with van der Waals surface area (Å²) in [7, 11) is 0. The number of anilines is 2. The highest BCUT2D eigenvalue weighted by atomic mass is 35.5. The van der Waals surface area contributed by atoms with Crippen LogP contribution in [0.5, 0.6) is 0 Å². The van der Waals surface area contributed by atoms with Gasteiger partial charge in [0, 0.05) is 42.8 Å². The first kappa shape index (κ1) is 17.6. The fourth-order valence-electron chi connectivity index (χ4n) is 3.69. The molecule has 1 N–H and O–H groups in total. The molecule has 0 aliphatic carbocycles. The Labute approximate surface area is 163 Å². The van der Waals surface area contributed by atoms with Crippen LogP contribution in [0.25, 0.3) is 0 Å². The first-order valence-electron chi connectivity index (χ1n) is 9.23. The van der Waals surface area contributed by atoms with Crippen molar-refractivity contribution in [3.8, 4) is 0 Å². The first-order chi connectivity index (χ1) is 12.7. The van der Waals surface area contributed by atoms with Crippen molar-refractivity contribution in [2.24, 2.45) is 0 Å². The Kier molecular flexibility index (Phi) is 5.31. The Bertz CT molecular complexity index is 782. The van der Waals surface area contributed by atoms with E-state index in [1.807, 2.05) is 17.0 Å². The molecule has 0 saturated carbocycles. The molecule has 0 spiro atoms. The largest absolute Gasteiger partial charge is 0.378 e. The zero-order valence-electron chi connectivity index (χ0n) is 14.7. The molecule has 1 aromatic carbocycles. The molecule has 2 aromatic rings. The van der Waals surface area contributed by atoms with Gasteiger partial charge >= 0.3 is 0 Å². The van der Waals surface area contributed by atoms with E-state index in [0.717, 1.165) is 55.1 Å². The summed E-state index contributed by atoms with van der Waals surface area (Å²) in [6.07, 6.45) is 6.45. The Balaban J connectivity index is 1.58. The number of carbonyl (C=O) groups excluding carboxylic acids is 1. The molecule has 1 aromatic heterocycles. The van der Waals surface area contributed by atoms with Gasteiger partial charge in [0.25, 0.3) is 5.91 Å². The van der Waals surface area contributed by atoms with E-state index in [-0.39, 0.29) is 5.91 Å². The summed E-state index contributed by atoms with van der Waals surface area (Å²) in [6, 6.07) is 6.08. The van der Waals surface area contributed by atoms with Crippen LogP contribution in [-0.4, -0.2) is 42.0 Å². The van der Waals surface area contributed by atoms with Crippen LogP contribution in [0.15, 0.2) is 24.4 Å². The number of aromatic nitrogens is 1. The summed E-state index contributed by atoms with van der Waals surface area (Å²) in [5, 5.41) is 3.50. The number of likely N-dealkylation sites (tertiary alicyclic amines) is 1. The SMILES string of the molecule is O=C(c1ccc(N2CCCC2)c(NCc2cnc(Cl)s2)c1)N1CCCC1. The number of nitrogens with one attached hydrogen (secondary N) is 1. The summed E-state index contributed by atoms with van der Waals surface area (Å²) in [5.41, 5.74) is 2.96. The molecule has 5 nitrogen and oxygen atoms in total. The molecule has 7 heteroatoms. The van der Waals surface area contributed by atoms with E-state index in [1.165, 1.54) is 29.9 Å². The fourth-order valence-corrected chi connectivity index (χ4v) is 4.61. The van der Waals surface area contributed by atoms with Gasteiger partial charge in [-0.15, -0.1) is 11.3 Å². The smallest absolute Gasteiger partial charge is 0.253 e. The molecule has 0 radical (unpaired) electrons. The molecular weight excluding hydrogens is 368 g/mol. The van der Waals surface area contributed by atoms with Gasteiger partial charge in [0.1, 0.15) is 0 Å². The molecule has 0 unspecified atom stereocenters. The fraction of sp³-hybridized carbons (Fsp3) is 0.474. The zero-order valence-corrected chi connectivity index (χ0v) is 16.3. The van der Waals surface area contributed by atoms with Gasteiger partial charge < -0.3 is 15.1 Å². The van der Waals surface area contributed by atoms with Gasteiger partial charge in [0.05, 0.1) is 17.9 Å². The van der Waals surface area contributed by atoms with E-state index in [1.54, 1.807) is 6.20 Å². The first-order valence-corrected chi connectivity index (χ1v) is 10.4. The molecule has 138 valence electrons. The van der Waals surface area contributed by atoms with Gasteiger partial charge in [0.2, 0.25) is 0 Å². The second kappa shape index (κ2) is 7.84. The molecule has 2 saturated heterocycles. The quantitative estimate of drug-likeness (QED) is 0.829. The van der Waals surface area contributed by atoms with Gasteiger partial charge in [-0.1, -0.05) is 11.6 Å². The highest BCUT2D eigenvalue weighted by Crippen LogP contribution is 2.31. The van der Waals surface area contributed by atoms with Crippen molar-refractivity contribution in [1.29, 1.82) is 0 Å². The average molecular weight is 391 g/mol. The molecular formula is C19H23ClN4OS. The van der Waals surface area contributed by atoms with Crippen LogP contribution in [0.2, 0.25) is 4.47 Å². The topological polar surface area (TPSA) is 48.5 Å². The van der Waals surface area contributed by atoms with Crippen molar-refractivity contribution in [3.05, 3.63) is 39.3 Å². The number of halogens is 1. The number of hydrogen-bond donors (Lipinski definition) is 1. The highest BCUT2D eigenvalue weighted by molar-refractivity contribution is 7.15. The Morgan fingerprint density at radius 2 is 1.88 bits per heavy atom. The van der Waals surface area contributed by atoms with Gasteiger partial charge in [-0.25, -0.2) is 4.98 Å². The number of hydrogen-bond acceptors (Lipinski definition) is 5. The second-order valence-corrected chi connectivity index (χ2v) is 8.56. The maximum absolute atomic E-state index is 12.8. The molecule has 4 rings (SSSR count). The second-order valence-electron chi connectivity index (χ2n) is 6.86. The Morgan fingerprint density at radius 3 is 2.58 bits per heavy atom. The average Bonchev–Trinajstić information content (AvgIpc) is 3.41. The minimum Gasteiger partial charge on any atom is -0.378 e. The lowest BCUT2D eigenvalue weighted by Crippen LogP contribution is -2.28. The number of rotatable bonds is 5. The molecule has 2 aliphatic heterocycles. The van der Waals surface area contributed by atoms with Crippen LogP contribution in [0.1, 0.15) is 40.9 Å². The highest BCUT2D eigenvalue weighted by Gasteiger charge is 2.22. The van der Waals surface area contributed by atoms with Crippen molar-refractivity contribution < 1.29 is 4.79 Å². The van der Waals surface area contributed by atoms with Crippen LogP contribution in [-0.2, 0) is 6.54 Å². The minimum absolute atomic E-state index is 0.138. The van der Waals surface area contributed by atoms with Gasteiger partial charge in [-0.2, -0.15) is 0 Å². The van der Waals surface area contributed by atoms with Crippen molar-refractivity contribution in [3.63, 3.8) is 0 Å². The van der Waals surface area contributed by atoms with Crippen molar-refractivity contribution >= 4 is 40.2 Å². The third kappa shape index (κ3) is 3.81. The van der Waals surface area contributed by atoms with E-state index in [4.69, 9.17) is 11.6 Å². The predicted molar refractivity (Wildman–Crippen MR) is 107 cm³/mol. The normalized spacial score (nSPS) is 17.1. The molecule has 0 bridgehead atoms. The third-order valence-corrected chi connectivity index (χ3v) is 6.18. The number of nitrogens with zero attached hydrogens (tertiary/aromatic N) is 3. The number of thiazole rings is 1. The predicted octanol–water partition coefficient (Wildman–Crippen LogP) is 4.24. The monoisotopic (exact) mass is 390 g/mol. The maximum Gasteiger partial charge on any atom is 0.253 e. The van der Waals surface area contributed by atoms with E-state index < -0.39 is 0 Å². The van der Waals surface area contributed by atoms with Gasteiger partial charge in [-0.05, 0) is 43.9 Å². The van der Waals surface area contributed by atoms with Crippen molar-refractivity contribution in [2.75, 3.05) is 36.4 Å². The third-order valence-electron chi connectivity index (χ3n) is 5.06. The van der Waals surface area contributed by atoms with E-state index >= 15 is 0 Å². The number of amides is 1. The lowest BCUT2D eigenvalue weighted by molar-refractivity contribution is 0.0793. The molecule has 2 aliphatic rings. The van der Waals surface area contributed by atoms with Crippen molar-refractivity contribution in [2.45, 2.75) is 32.2 Å². The Morgan fingerprint density at radius 1 is 1.15 bits per heavy atom. The standard InChI is InChI=1S/C19H23ClN4OS/c20-19-22-13-15(26-19)12-21-16-11-14(18(25)24-9-3-4-10-24)5-6-17(16)23-7-1-2-8-23/h5-6,11,13,21H,1-4,7-10,12H2. The van der Waals surface area contributed by atoms with E-state index in [2.05, 4.69) is 21.3 Å². The molecule has 0 atom stereocenters. The summed E-state index contributed by atoms with van der Waals surface area (Å²) in [4.78, 5) is 22.3. The van der Waals surface area contributed by atoms with Gasteiger partial charge in [0.15, 0.2) is 4.47 Å². The lowest BCUT2D eigenvalue weighted by Gasteiger charge is -2.23. The lowest BCUT2D eigenvalue weighted by atomic mass is 10.1. The molecule has 3 heterocycles. The van der Waals surface area contributed by atoms with E-state index in [9.17, 15) is 4.79 Å². The maximum atomic E-state index is 12.8. The van der Waals surface area contributed by atoms with Crippen LogP contribution < -0.4 is 10.2 Å². The molecule has 1 amide bonds. The molecule has 26 heavy (non-hydrogen) atoms. The summed E-state index contributed by atoms with van der Waals surface area (Å²) in [5.74, 6) is 0.138. The Hall–Kier alpha value is -1.79. The summed E-state index contributed by atoms with van der Waals surface area (Å²) >= 11 is 7.42. The van der Waals surface area contributed by atoms with Crippen LogP contribution in [0, 0.1) is 0 Å². The molecule has 2 fully saturated rings. The van der Waals surface area contributed by atoms with E-state index in [0.29, 0.717) is 11.0 Å². The van der Waals surface area contributed by atoms with Crippen LogP contribution in [0.3, 0.4) is 0 Å². The summed E-state index contributed by atoms with van der Waals surface area (Å²) < 4.78 is 0.555. The van der Waals surface area contributed by atoms with Crippen LogP contribution >= 0.6 is 22.9 Å². The summed E-state index contributed by atoms with van der Waals surface area (Å²) in [6.45, 7) is 4.54.